The molecule has 2 aromatic rings. The zero-order chi connectivity index (χ0) is 18.9. The second kappa shape index (κ2) is 9.56. The number of carbonyl (C=O) groups is 2. The molecule has 0 bridgehead atoms. The Bertz CT molecular complexity index is 769. The number of nitrogens with one attached hydrogen (secondary N) is 1. The lowest BCUT2D eigenvalue weighted by molar-refractivity contribution is -0.142. The van der Waals surface area contributed by atoms with Crippen LogP contribution in [0.1, 0.15) is 36.1 Å². The molecule has 0 saturated heterocycles. The molecule has 0 radical (unpaired) electrons. The third kappa shape index (κ3) is 5.59. The van der Waals surface area contributed by atoms with Crippen molar-refractivity contribution in [1.29, 1.82) is 0 Å². The maximum Gasteiger partial charge on any atom is 0.331 e. The van der Waals surface area contributed by atoms with E-state index in [1.807, 2.05) is 63.2 Å². The topological polar surface area (TPSA) is 55.4 Å². The fourth-order valence-electron chi connectivity index (χ4n) is 2.61. The van der Waals surface area contributed by atoms with Gasteiger partial charge in [-0.3, -0.25) is 4.79 Å². The summed E-state index contributed by atoms with van der Waals surface area (Å²) in [6, 6.07) is 13.7. The molecule has 1 N–H and O–H groups in total. The van der Waals surface area contributed by atoms with Crippen LogP contribution in [0, 0.1) is 6.92 Å². The number of rotatable bonds is 7. The van der Waals surface area contributed by atoms with Gasteiger partial charge in [0.15, 0.2) is 6.61 Å². The summed E-state index contributed by atoms with van der Waals surface area (Å²) in [6.45, 7) is 5.78. The molecule has 136 valence electrons. The Balaban J connectivity index is 1.90. The van der Waals surface area contributed by atoms with Crippen molar-refractivity contribution in [2.75, 3.05) is 11.9 Å². The lowest BCUT2D eigenvalue weighted by atomic mass is 10.0. The number of benzene rings is 2. The van der Waals surface area contributed by atoms with Crippen LogP contribution in [-0.2, 0) is 27.2 Å². The molecular formula is C22H25NO3. The van der Waals surface area contributed by atoms with E-state index >= 15 is 0 Å². The highest BCUT2D eigenvalue weighted by Crippen LogP contribution is 2.22. The molecule has 0 unspecified atom stereocenters. The Hall–Kier alpha value is -2.88. The van der Waals surface area contributed by atoms with Gasteiger partial charge in [-0.05, 0) is 42.5 Å². The molecule has 0 heterocycles. The zero-order valence-corrected chi connectivity index (χ0v) is 15.5. The van der Waals surface area contributed by atoms with Gasteiger partial charge in [0.25, 0.3) is 5.91 Å². The Morgan fingerprint density at radius 3 is 2.19 bits per heavy atom. The maximum atomic E-state index is 12.2. The minimum Gasteiger partial charge on any atom is -0.452 e. The standard InChI is InChI=1S/C22H25NO3/c1-4-18-7-6-8-19(5-2)22(18)23-20(24)15-26-21(25)14-13-17-11-9-16(3)10-12-17/h6-14H,4-5,15H2,1-3H3,(H,23,24)/b14-13+. The Labute approximate surface area is 154 Å². The van der Waals surface area contributed by atoms with Crippen LogP contribution in [-0.4, -0.2) is 18.5 Å². The van der Waals surface area contributed by atoms with E-state index in [1.54, 1.807) is 6.08 Å². The maximum absolute atomic E-state index is 12.2. The summed E-state index contributed by atoms with van der Waals surface area (Å²) in [6.07, 6.45) is 4.64. The van der Waals surface area contributed by atoms with Gasteiger partial charge in [0, 0.05) is 11.8 Å². The molecule has 0 aliphatic rings. The average Bonchev–Trinajstić information content (AvgIpc) is 2.66. The quantitative estimate of drug-likeness (QED) is 0.597. The molecule has 2 rings (SSSR count). The van der Waals surface area contributed by atoms with Gasteiger partial charge in [-0.2, -0.15) is 0 Å². The van der Waals surface area contributed by atoms with Crippen molar-refractivity contribution in [1.82, 2.24) is 0 Å². The lowest BCUT2D eigenvalue weighted by Gasteiger charge is -2.14. The molecule has 0 aliphatic heterocycles. The van der Waals surface area contributed by atoms with E-state index in [9.17, 15) is 9.59 Å². The Kier molecular flexibility index (Phi) is 7.15. The van der Waals surface area contributed by atoms with E-state index in [0.717, 1.165) is 40.8 Å². The normalized spacial score (nSPS) is 10.7. The molecule has 0 aromatic heterocycles. The van der Waals surface area contributed by atoms with Crippen LogP contribution in [0.15, 0.2) is 48.5 Å². The largest absolute Gasteiger partial charge is 0.452 e. The second-order valence-electron chi connectivity index (χ2n) is 6.06. The smallest absolute Gasteiger partial charge is 0.331 e. The van der Waals surface area contributed by atoms with Gasteiger partial charge < -0.3 is 10.1 Å². The SMILES string of the molecule is CCc1cccc(CC)c1NC(=O)COC(=O)/C=C/c1ccc(C)cc1. The van der Waals surface area contributed by atoms with Crippen molar-refractivity contribution >= 4 is 23.6 Å². The number of anilines is 1. The number of aryl methyl sites for hydroxylation is 3. The first-order valence-corrected chi connectivity index (χ1v) is 8.85. The lowest BCUT2D eigenvalue weighted by Crippen LogP contribution is -2.21. The second-order valence-corrected chi connectivity index (χ2v) is 6.06. The third-order valence-corrected chi connectivity index (χ3v) is 4.10. The number of ether oxygens (including phenoxy) is 1. The van der Waals surface area contributed by atoms with E-state index in [2.05, 4.69) is 5.32 Å². The highest BCUT2D eigenvalue weighted by Gasteiger charge is 2.11. The van der Waals surface area contributed by atoms with Gasteiger partial charge in [-0.1, -0.05) is 61.9 Å². The van der Waals surface area contributed by atoms with Crippen LogP contribution >= 0.6 is 0 Å². The molecule has 2 aromatic carbocycles. The molecule has 4 nitrogen and oxygen atoms in total. The molecule has 26 heavy (non-hydrogen) atoms. The molecule has 0 aliphatic carbocycles. The van der Waals surface area contributed by atoms with Crippen LogP contribution < -0.4 is 5.32 Å². The summed E-state index contributed by atoms with van der Waals surface area (Å²) < 4.78 is 5.03. The summed E-state index contributed by atoms with van der Waals surface area (Å²) in [5, 5.41) is 2.88. The first-order valence-electron chi connectivity index (χ1n) is 8.85. The van der Waals surface area contributed by atoms with Gasteiger partial charge in [0.1, 0.15) is 0 Å². The van der Waals surface area contributed by atoms with Gasteiger partial charge in [-0.15, -0.1) is 0 Å². The summed E-state index contributed by atoms with van der Waals surface area (Å²) in [7, 11) is 0. The molecule has 0 atom stereocenters. The number of hydrogen-bond donors (Lipinski definition) is 1. The van der Waals surface area contributed by atoms with Crippen LogP contribution in [0.4, 0.5) is 5.69 Å². The minimum atomic E-state index is -0.541. The third-order valence-electron chi connectivity index (χ3n) is 4.10. The monoisotopic (exact) mass is 351 g/mol. The van der Waals surface area contributed by atoms with Crippen LogP contribution in [0.25, 0.3) is 6.08 Å². The molecule has 1 amide bonds. The van der Waals surface area contributed by atoms with Crippen molar-refractivity contribution in [3.8, 4) is 0 Å². The summed E-state index contributed by atoms with van der Waals surface area (Å²) >= 11 is 0. The number of carbonyl (C=O) groups excluding carboxylic acids is 2. The predicted molar refractivity (Wildman–Crippen MR) is 105 cm³/mol. The van der Waals surface area contributed by atoms with E-state index in [4.69, 9.17) is 4.74 Å². The first-order chi connectivity index (χ1) is 12.5. The molecular weight excluding hydrogens is 326 g/mol. The molecule has 0 fully saturated rings. The van der Waals surface area contributed by atoms with Gasteiger partial charge >= 0.3 is 5.97 Å². The highest BCUT2D eigenvalue weighted by atomic mass is 16.5. The van der Waals surface area contributed by atoms with Crippen LogP contribution in [0.5, 0.6) is 0 Å². The van der Waals surface area contributed by atoms with Crippen molar-refractivity contribution < 1.29 is 14.3 Å². The van der Waals surface area contributed by atoms with Crippen molar-refractivity contribution in [3.05, 3.63) is 70.8 Å². The fraction of sp³-hybridized carbons (Fsp3) is 0.273. The molecule has 0 saturated carbocycles. The van der Waals surface area contributed by atoms with Crippen LogP contribution in [0.2, 0.25) is 0 Å². The molecule has 0 spiro atoms. The van der Waals surface area contributed by atoms with Crippen LogP contribution in [0.3, 0.4) is 0 Å². The van der Waals surface area contributed by atoms with E-state index in [0.29, 0.717) is 0 Å². The highest BCUT2D eigenvalue weighted by molar-refractivity contribution is 5.95. The summed E-state index contributed by atoms with van der Waals surface area (Å²) in [4.78, 5) is 23.9. The van der Waals surface area contributed by atoms with Gasteiger partial charge in [-0.25, -0.2) is 4.79 Å². The van der Waals surface area contributed by atoms with Crippen molar-refractivity contribution in [2.45, 2.75) is 33.6 Å². The van der Waals surface area contributed by atoms with Crippen molar-refractivity contribution in [2.24, 2.45) is 0 Å². The van der Waals surface area contributed by atoms with E-state index < -0.39 is 5.97 Å². The summed E-state index contributed by atoms with van der Waals surface area (Å²) in [5.41, 5.74) is 5.03. The van der Waals surface area contributed by atoms with Gasteiger partial charge in [0.2, 0.25) is 0 Å². The number of esters is 1. The van der Waals surface area contributed by atoms with E-state index in [1.165, 1.54) is 6.08 Å². The number of para-hydroxylation sites is 1. The predicted octanol–water partition coefficient (Wildman–Crippen LogP) is 4.31. The number of amides is 1. The number of hydrogen-bond acceptors (Lipinski definition) is 3. The minimum absolute atomic E-state index is 0.307. The Morgan fingerprint density at radius 1 is 1.00 bits per heavy atom. The van der Waals surface area contributed by atoms with Crippen molar-refractivity contribution in [3.63, 3.8) is 0 Å². The first kappa shape index (κ1) is 19.4. The average molecular weight is 351 g/mol. The van der Waals surface area contributed by atoms with E-state index in [-0.39, 0.29) is 12.5 Å². The summed E-state index contributed by atoms with van der Waals surface area (Å²) in [5.74, 6) is -0.877. The zero-order valence-electron chi connectivity index (χ0n) is 15.5. The van der Waals surface area contributed by atoms with Gasteiger partial charge in [0.05, 0.1) is 0 Å². The fourth-order valence-corrected chi connectivity index (χ4v) is 2.61. The molecule has 4 heteroatoms. The Morgan fingerprint density at radius 2 is 1.62 bits per heavy atom.